The van der Waals surface area contributed by atoms with Gasteiger partial charge in [-0.15, -0.1) is 0 Å². The second-order valence-electron chi connectivity index (χ2n) is 5.41. The molecule has 0 amide bonds. The van der Waals surface area contributed by atoms with Gasteiger partial charge < -0.3 is 4.90 Å². The van der Waals surface area contributed by atoms with Gasteiger partial charge in [0.25, 0.3) is 0 Å². The second-order valence-corrected chi connectivity index (χ2v) is 5.41. The number of fused-ring (bicyclic) bond motifs is 2. The molecule has 22 heavy (non-hydrogen) atoms. The van der Waals surface area contributed by atoms with Crippen molar-refractivity contribution in [2.45, 2.75) is 52.9 Å². The number of rotatable bonds is 0. The van der Waals surface area contributed by atoms with Crippen molar-refractivity contribution in [1.29, 1.82) is 0 Å². The molecule has 0 N–H and O–H groups in total. The Labute approximate surface area is 136 Å². The summed E-state index contributed by atoms with van der Waals surface area (Å²) < 4.78 is 0. The molecule has 1 heterocycles. The van der Waals surface area contributed by atoms with Crippen molar-refractivity contribution in [2.75, 3.05) is 11.9 Å². The molecule has 1 atom stereocenters. The first-order chi connectivity index (χ1) is 10.9. The Morgan fingerprint density at radius 3 is 2.32 bits per heavy atom. The van der Waals surface area contributed by atoms with Crippen molar-refractivity contribution in [3.8, 4) is 0 Å². The molecule has 0 spiro atoms. The van der Waals surface area contributed by atoms with Gasteiger partial charge in [-0.05, 0) is 48.1 Å². The molecule has 1 aliphatic heterocycles. The van der Waals surface area contributed by atoms with Gasteiger partial charge >= 0.3 is 0 Å². The van der Waals surface area contributed by atoms with Crippen LogP contribution in [-0.4, -0.2) is 7.05 Å². The smallest absolute Gasteiger partial charge is 0.0449 e. The average Bonchev–Trinajstić information content (AvgIpc) is 2.63. The van der Waals surface area contributed by atoms with Crippen LogP contribution >= 0.6 is 0 Å². The molecule has 4 rings (SSSR count). The first kappa shape index (κ1) is 16.6. The van der Waals surface area contributed by atoms with Crippen LogP contribution in [0.5, 0.6) is 0 Å². The summed E-state index contributed by atoms with van der Waals surface area (Å²) in [6.07, 6.45) is 3.86. The second kappa shape index (κ2) is 7.49. The zero-order chi connectivity index (χ0) is 16.1. The van der Waals surface area contributed by atoms with Gasteiger partial charge in [-0.1, -0.05) is 58.0 Å². The summed E-state index contributed by atoms with van der Waals surface area (Å²) in [5.74, 6) is 0.623. The maximum atomic E-state index is 2.36. The van der Waals surface area contributed by atoms with E-state index in [0.717, 1.165) is 0 Å². The SMILES string of the molecule is CC.CC.CN1c2ccccc2C2CCCc3cccc1c32. The predicted octanol–water partition coefficient (Wildman–Crippen LogP) is 6.29. The van der Waals surface area contributed by atoms with Crippen molar-refractivity contribution >= 4 is 11.4 Å². The van der Waals surface area contributed by atoms with Crippen LogP contribution in [0.4, 0.5) is 11.4 Å². The van der Waals surface area contributed by atoms with E-state index in [0.29, 0.717) is 5.92 Å². The van der Waals surface area contributed by atoms with E-state index >= 15 is 0 Å². The van der Waals surface area contributed by atoms with E-state index in [-0.39, 0.29) is 0 Å². The highest BCUT2D eigenvalue weighted by atomic mass is 15.1. The Hall–Kier alpha value is -1.76. The molecule has 1 unspecified atom stereocenters. The third-order valence-electron chi connectivity index (χ3n) is 4.50. The number of anilines is 2. The topological polar surface area (TPSA) is 3.24 Å². The zero-order valence-electron chi connectivity index (χ0n) is 14.7. The summed E-state index contributed by atoms with van der Waals surface area (Å²) in [5, 5.41) is 0. The summed E-state index contributed by atoms with van der Waals surface area (Å²) in [4.78, 5) is 2.36. The highest BCUT2D eigenvalue weighted by Gasteiger charge is 2.32. The molecule has 0 radical (unpaired) electrons. The molecule has 0 bridgehead atoms. The molecule has 0 fully saturated rings. The van der Waals surface area contributed by atoms with Gasteiger partial charge in [-0.25, -0.2) is 0 Å². The molecule has 2 aromatic carbocycles. The number of hydrogen-bond donors (Lipinski definition) is 0. The molecular formula is C21H29N. The molecule has 2 aromatic rings. The molecule has 0 saturated heterocycles. The summed E-state index contributed by atoms with van der Waals surface area (Å²) in [6, 6.07) is 15.7. The van der Waals surface area contributed by atoms with Crippen LogP contribution in [0.15, 0.2) is 42.5 Å². The molecule has 0 saturated carbocycles. The quantitative estimate of drug-likeness (QED) is 0.552. The van der Waals surface area contributed by atoms with Gasteiger partial charge in [0.05, 0.1) is 0 Å². The molecular weight excluding hydrogens is 266 g/mol. The van der Waals surface area contributed by atoms with Gasteiger partial charge in [0.2, 0.25) is 0 Å². The Morgan fingerprint density at radius 1 is 0.864 bits per heavy atom. The lowest BCUT2D eigenvalue weighted by molar-refractivity contribution is 0.609. The fraction of sp³-hybridized carbons (Fsp3) is 0.429. The van der Waals surface area contributed by atoms with Gasteiger partial charge in [-0.3, -0.25) is 0 Å². The Bertz CT molecular complexity index is 615. The number of hydrogen-bond acceptors (Lipinski definition) is 1. The molecule has 2 aliphatic rings. The zero-order valence-corrected chi connectivity index (χ0v) is 14.7. The monoisotopic (exact) mass is 295 g/mol. The van der Waals surface area contributed by atoms with Crippen LogP contribution in [0.3, 0.4) is 0 Å². The van der Waals surface area contributed by atoms with Crippen LogP contribution in [0.1, 0.15) is 63.1 Å². The van der Waals surface area contributed by atoms with E-state index in [4.69, 9.17) is 0 Å². The summed E-state index contributed by atoms with van der Waals surface area (Å²) in [5.41, 5.74) is 7.46. The van der Waals surface area contributed by atoms with Crippen molar-refractivity contribution in [2.24, 2.45) is 0 Å². The third-order valence-corrected chi connectivity index (χ3v) is 4.50. The van der Waals surface area contributed by atoms with Crippen molar-refractivity contribution < 1.29 is 0 Å². The van der Waals surface area contributed by atoms with E-state index < -0.39 is 0 Å². The summed E-state index contributed by atoms with van der Waals surface area (Å²) >= 11 is 0. The van der Waals surface area contributed by atoms with Gasteiger partial charge in [-0.2, -0.15) is 0 Å². The minimum Gasteiger partial charge on any atom is -0.344 e. The van der Waals surface area contributed by atoms with Crippen molar-refractivity contribution in [1.82, 2.24) is 0 Å². The van der Waals surface area contributed by atoms with Crippen LogP contribution in [-0.2, 0) is 6.42 Å². The highest BCUT2D eigenvalue weighted by Crippen LogP contribution is 2.49. The van der Waals surface area contributed by atoms with Crippen LogP contribution in [0.25, 0.3) is 0 Å². The van der Waals surface area contributed by atoms with Gasteiger partial charge in [0.1, 0.15) is 0 Å². The van der Waals surface area contributed by atoms with E-state index in [1.54, 1.807) is 11.1 Å². The average molecular weight is 295 g/mol. The van der Waals surface area contributed by atoms with Crippen molar-refractivity contribution in [3.05, 3.63) is 59.2 Å². The van der Waals surface area contributed by atoms with Crippen LogP contribution in [0, 0.1) is 0 Å². The first-order valence-corrected chi connectivity index (χ1v) is 8.80. The molecule has 1 aliphatic carbocycles. The molecule has 1 nitrogen and oxygen atoms in total. The third kappa shape index (κ3) is 2.65. The number of nitrogens with zero attached hydrogens (tertiary/aromatic N) is 1. The normalized spacial score (nSPS) is 17.1. The largest absolute Gasteiger partial charge is 0.344 e. The van der Waals surface area contributed by atoms with E-state index in [2.05, 4.69) is 54.4 Å². The lowest BCUT2D eigenvalue weighted by Gasteiger charge is -2.39. The molecule has 118 valence electrons. The number of aryl methyl sites for hydroxylation is 1. The summed E-state index contributed by atoms with van der Waals surface area (Å²) in [6.45, 7) is 8.00. The lowest BCUT2D eigenvalue weighted by atomic mass is 9.75. The fourth-order valence-electron chi connectivity index (χ4n) is 3.68. The van der Waals surface area contributed by atoms with Gasteiger partial charge in [0.15, 0.2) is 0 Å². The standard InChI is InChI=1S/C17H17N.2C2H6/c1-18-15-10-3-2-8-13(15)14-9-4-6-12-7-5-11-16(18)17(12)14;2*1-2/h2-3,5,7-8,10-11,14H,4,6,9H2,1H3;2*1-2H3. The Morgan fingerprint density at radius 2 is 1.55 bits per heavy atom. The number of benzene rings is 2. The Balaban J connectivity index is 0.000000410. The maximum Gasteiger partial charge on any atom is 0.0449 e. The minimum atomic E-state index is 0.623. The molecule has 0 aromatic heterocycles. The number of para-hydroxylation sites is 1. The van der Waals surface area contributed by atoms with E-state index in [1.165, 1.54) is 36.2 Å². The highest BCUT2D eigenvalue weighted by molar-refractivity contribution is 5.77. The van der Waals surface area contributed by atoms with Gasteiger partial charge in [0, 0.05) is 24.3 Å². The van der Waals surface area contributed by atoms with Crippen LogP contribution < -0.4 is 4.90 Å². The van der Waals surface area contributed by atoms with E-state index in [9.17, 15) is 0 Å². The minimum absolute atomic E-state index is 0.623. The first-order valence-electron chi connectivity index (χ1n) is 8.80. The predicted molar refractivity (Wildman–Crippen MR) is 98.4 cm³/mol. The molecule has 1 heteroatoms. The summed E-state index contributed by atoms with van der Waals surface area (Å²) in [7, 11) is 2.19. The Kier molecular flexibility index (Phi) is 5.65. The maximum absolute atomic E-state index is 2.36. The van der Waals surface area contributed by atoms with E-state index in [1.807, 2.05) is 27.7 Å². The van der Waals surface area contributed by atoms with Crippen molar-refractivity contribution in [3.63, 3.8) is 0 Å². The van der Waals surface area contributed by atoms with Crippen LogP contribution in [0.2, 0.25) is 0 Å². The fourth-order valence-corrected chi connectivity index (χ4v) is 3.68. The lowest BCUT2D eigenvalue weighted by Crippen LogP contribution is -2.25.